The van der Waals surface area contributed by atoms with Gasteiger partial charge in [0.1, 0.15) is 0 Å². The molecule has 3 rings (SSSR count). The van der Waals surface area contributed by atoms with Crippen molar-refractivity contribution in [2.45, 2.75) is 19.9 Å². The van der Waals surface area contributed by atoms with Crippen LogP contribution in [0.4, 0.5) is 5.69 Å². The highest BCUT2D eigenvalue weighted by Crippen LogP contribution is 2.30. The fraction of sp³-hybridized carbons (Fsp3) is 0.240. The van der Waals surface area contributed by atoms with Crippen molar-refractivity contribution in [3.63, 3.8) is 0 Å². The summed E-state index contributed by atoms with van der Waals surface area (Å²) >= 11 is 0. The van der Waals surface area contributed by atoms with E-state index < -0.39 is 0 Å². The van der Waals surface area contributed by atoms with Crippen LogP contribution in [-0.4, -0.2) is 25.7 Å². The molecule has 0 unspecified atom stereocenters. The third-order valence-corrected chi connectivity index (χ3v) is 4.56. The Morgan fingerprint density at radius 1 is 0.800 bits per heavy atom. The number of carbonyl (C=O) groups is 1. The van der Waals surface area contributed by atoms with Crippen molar-refractivity contribution in [3.05, 3.63) is 90.0 Å². The van der Waals surface area contributed by atoms with Gasteiger partial charge < -0.3 is 14.8 Å². The highest BCUT2D eigenvalue weighted by Gasteiger charge is 2.15. The predicted molar refractivity (Wildman–Crippen MR) is 120 cm³/mol. The fourth-order valence-corrected chi connectivity index (χ4v) is 3.25. The summed E-state index contributed by atoms with van der Waals surface area (Å²) in [4.78, 5) is 12.6. The molecule has 0 saturated carbocycles. The van der Waals surface area contributed by atoms with E-state index in [9.17, 15) is 4.79 Å². The van der Waals surface area contributed by atoms with E-state index in [1.807, 2.05) is 62.4 Å². The third kappa shape index (κ3) is 5.84. The Bertz CT molecular complexity index is 890. The first-order chi connectivity index (χ1) is 14.7. The number of ether oxygens (including phenoxy) is 2. The molecule has 2 N–H and O–H groups in total. The van der Waals surface area contributed by atoms with Crippen molar-refractivity contribution in [1.29, 1.82) is 0 Å². The summed E-state index contributed by atoms with van der Waals surface area (Å²) in [5.41, 5.74) is 2.89. The van der Waals surface area contributed by atoms with E-state index in [1.54, 1.807) is 6.07 Å². The largest absolute Gasteiger partial charge is 0.490 e. The molecule has 0 bridgehead atoms. The lowest BCUT2D eigenvalue weighted by Gasteiger charge is -2.20. The third-order valence-electron chi connectivity index (χ3n) is 4.56. The van der Waals surface area contributed by atoms with Crippen molar-refractivity contribution < 1.29 is 14.3 Å². The highest BCUT2D eigenvalue weighted by molar-refractivity contribution is 5.92. The van der Waals surface area contributed by atoms with E-state index in [2.05, 4.69) is 34.9 Å². The number of rotatable bonds is 10. The number of anilines is 1. The van der Waals surface area contributed by atoms with Gasteiger partial charge in [0.05, 0.1) is 25.8 Å². The number of carbonyl (C=O) groups excluding carboxylic acids is 1. The summed E-state index contributed by atoms with van der Waals surface area (Å²) in [6, 6.07) is 25.6. The maximum atomic E-state index is 12.6. The summed E-state index contributed by atoms with van der Waals surface area (Å²) in [5.74, 6) is 1.17. The van der Waals surface area contributed by atoms with Crippen LogP contribution >= 0.6 is 0 Å². The number of hydrogen-bond donors (Lipinski definition) is 2. The Kier molecular flexibility index (Phi) is 7.86. The molecule has 0 aromatic heterocycles. The van der Waals surface area contributed by atoms with Crippen molar-refractivity contribution in [1.82, 2.24) is 5.32 Å². The standard InChI is InChI=1S/C25H28N2O3/c1-3-29-22-16-15-21(17-23(22)30-4-2)27-24(28)18-26-25(19-11-7-5-8-12-19)20-13-9-6-10-14-20/h5-17,25-26H,3-4,18H2,1-2H3,(H,27,28). The molecule has 0 heterocycles. The minimum Gasteiger partial charge on any atom is -0.490 e. The topological polar surface area (TPSA) is 59.6 Å². The Morgan fingerprint density at radius 2 is 1.37 bits per heavy atom. The second kappa shape index (κ2) is 11.0. The Morgan fingerprint density at radius 3 is 1.93 bits per heavy atom. The number of hydrogen-bond acceptors (Lipinski definition) is 4. The van der Waals surface area contributed by atoms with Crippen LogP contribution in [0.5, 0.6) is 11.5 Å². The van der Waals surface area contributed by atoms with Crippen LogP contribution in [0.1, 0.15) is 31.0 Å². The molecule has 3 aromatic rings. The number of benzene rings is 3. The molecule has 5 nitrogen and oxygen atoms in total. The van der Waals surface area contributed by atoms with Gasteiger partial charge in [0.15, 0.2) is 11.5 Å². The SMILES string of the molecule is CCOc1ccc(NC(=O)CNC(c2ccccc2)c2ccccc2)cc1OCC. The minimum absolute atomic E-state index is 0.0718. The van der Waals surface area contributed by atoms with Gasteiger partial charge in [0.25, 0.3) is 0 Å². The van der Waals surface area contributed by atoms with Gasteiger partial charge >= 0.3 is 0 Å². The molecule has 0 fully saturated rings. The summed E-state index contributed by atoms with van der Waals surface area (Å²) in [5, 5.41) is 6.31. The van der Waals surface area contributed by atoms with Crippen LogP contribution < -0.4 is 20.1 Å². The molecule has 0 aliphatic heterocycles. The van der Waals surface area contributed by atoms with Crippen LogP contribution in [0.2, 0.25) is 0 Å². The lowest BCUT2D eigenvalue weighted by atomic mass is 9.99. The van der Waals surface area contributed by atoms with E-state index in [-0.39, 0.29) is 18.5 Å². The van der Waals surface area contributed by atoms with Crippen molar-refractivity contribution in [2.24, 2.45) is 0 Å². The van der Waals surface area contributed by atoms with E-state index >= 15 is 0 Å². The average molecular weight is 405 g/mol. The molecule has 0 saturated heterocycles. The number of nitrogens with one attached hydrogen (secondary N) is 2. The molecule has 0 aliphatic rings. The zero-order valence-corrected chi connectivity index (χ0v) is 17.4. The smallest absolute Gasteiger partial charge is 0.238 e. The second-order valence-corrected chi connectivity index (χ2v) is 6.71. The zero-order chi connectivity index (χ0) is 21.2. The molecule has 3 aromatic carbocycles. The lowest BCUT2D eigenvalue weighted by molar-refractivity contribution is -0.115. The summed E-state index contributed by atoms with van der Waals surface area (Å²) in [7, 11) is 0. The van der Waals surface area contributed by atoms with E-state index in [0.29, 0.717) is 30.4 Å². The van der Waals surface area contributed by atoms with Gasteiger partial charge in [0, 0.05) is 11.8 Å². The summed E-state index contributed by atoms with van der Waals surface area (Å²) in [6.45, 7) is 5.09. The second-order valence-electron chi connectivity index (χ2n) is 6.71. The molecular weight excluding hydrogens is 376 g/mol. The zero-order valence-electron chi connectivity index (χ0n) is 17.4. The van der Waals surface area contributed by atoms with Crippen LogP contribution in [0.25, 0.3) is 0 Å². The quantitative estimate of drug-likeness (QED) is 0.510. The first-order valence-electron chi connectivity index (χ1n) is 10.2. The number of amides is 1. The van der Waals surface area contributed by atoms with Gasteiger partial charge in [0.2, 0.25) is 5.91 Å². The van der Waals surface area contributed by atoms with E-state index in [1.165, 1.54) is 0 Å². The van der Waals surface area contributed by atoms with Crippen molar-refractivity contribution >= 4 is 11.6 Å². The van der Waals surface area contributed by atoms with Gasteiger partial charge in [-0.15, -0.1) is 0 Å². The first kappa shape index (κ1) is 21.4. The lowest BCUT2D eigenvalue weighted by Crippen LogP contribution is -2.31. The minimum atomic E-state index is -0.126. The summed E-state index contributed by atoms with van der Waals surface area (Å²) in [6.07, 6.45) is 0. The predicted octanol–water partition coefficient (Wildman–Crippen LogP) is 4.80. The van der Waals surface area contributed by atoms with E-state index in [0.717, 1.165) is 11.1 Å². The molecule has 30 heavy (non-hydrogen) atoms. The molecule has 0 aliphatic carbocycles. The normalized spacial score (nSPS) is 10.6. The molecule has 1 amide bonds. The average Bonchev–Trinajstić information content (AvgIpc) is 2.77. The molecule has 5 heteroatoms. The molecule has 156 valence electrons. The van der Waals surface area contributed by atoms with Gasteiger partial charge in [-0.05, 0) is 37.1 Å². The van der Waals surface area contributed by atoms with Crippen LogP contribution in [0, 0.1) is 0 Å². The Hall–Kier alpha value is -3.31. The van der Waals surface area contributed by atoms with Gasteiger partial charge in [-0.1, -0.05) is 60.7 Å². The Balaban J connectivity index is 1.68. The van der Waals surface area contributed by atoms with E-state index in [4.69, 9.17) is 9.47 Å². The van der Waals surface area contributed by atoms with Crippen LogP contribution in [-0.2, 0) is 4.79 Å². The molecule has 0 radical (unpaired) electrons. The van der Waals surface area contributed by atoms with Crippen molar-refractivity contribution in [2.75, 3.05) is 25.1 Å². The highest BCUT2D eigenvalue weighted by atomic mass is 16.5. The Labute approximate surface area is 178 Å². The van der Waals surface area contributed by atoms with Gasteiger partial charge in [-0.2, -0.15) is 0 Å². The maximum Gasteiger partial charge on any atom is 0.238 e. The van der Waals surface area contributed by atoms with Gasteiger partial charge in [-0.25, -0.2) is 0 Å². The molecule has 0 spiro atoms. The molecule has 0 atom stereocenters. The van der Waals surface area contributed by atoms with Gasteiger partial charge in [-0.3, -0.25) is 10.1 Å². The van der Waals surface area contributed by atoms with Crippen LogP contribution in [0.15, 0.2) is 78.9 Å². The maximum absolute atomic E-state index is 12.6. The fourth-order valence-electron chi connectivity index (χ4n) is 3.25. The molecular formula is C25H28N2O3. The monoisotopic (exact) mass is 404 g/mol. The van der Waals surface area contributed by atoms with Crippen LogP contribution in [0.3, 0.4) is 0 Å². The first-order valence-corrected chi connectivity index (χ1v) is 10.2. The summed E-state index contributed by atoms with van der Waals surface area (Å²) < 4.78 is 11.2. The van der Waals surface area contributed by atoms with Crippen molar-refractivity contribution in [3.8, 4) is 11.5 Å².